The zero-order valence-corrected chi connectivity index (χ0v) is 9.47. The van der Waals surface area contributed by atoms with Gasteiger partial charge in [-0.3, -0.25) is 0 Å². The van der Waals surface area contributed by atoms with Crippen LogP contribution in [0.15, 0.2) is 0 Å². The van der Waals surface area contributed by atoms with Crippen LogP contribution in [0.2, 0.25) is 0 Å². The number of nitrogens with one attached hydrogen (secondary N) is 1. The summed E-state index contributed by atoms with van der Waals surface area (Å²) < 4.78 is 2.26. The molecule has 0 saturated carbocycles. The standard InChI is InChI=1S/C9H16N4S/c1-7(6-14-2)9-12-11-8-5-10-3-4-13(8)9/h7,10H,3-6H2,1-2H3. The molecule has 0 aromatic carbocycles. The average Bonchev–Trinajstić information content (AvgIpc) is 2.61. The second-order valence-corrected chi connectivity index (χ2v) is 4.57. The number of hydrogen-bond donors (Lipinski definition) is 1. The molecule has 0 fully saturated rings. The lowest BCUT2D eigenvalue weighted by Crippen LogP contribution is -2.29. The van der Waals surface area contributed by atoms with E-state index in [0.29, 0.717) is 5.92 Å². The van der Waals surface area contributed by atoms with Gasteiger partial charge in [-0.1, -0.05) is 6.92 Å². The number of fused-ring (bicyclic) bond motifs is 1. The molecule has 1 atom stereocenters. The maximum atomic E-state index is 4.28. The van der Waals surface area contributed by atoms with Crippen LogP contribution >= 0.6 is 11.8 Å². The van der Waals surface area contributed by atoms with Crippen LogP contribution in [0.25, 0.3) is 0 Å². The summed E-state index contributed by atoms with van der Waals surface area (Å²) in [7, 11) is 0. The fourth-order valence-electron chi connectivity index (χ4n) is 1.80. The van der Waals surface area contributed by atoms with E-state index in [4.69, 9.17) is 0 Å². The number of hydrogen-bond acceptors (Lipinski definition) is 4. The summed E-state index contributed by atoms with van der Waals surface area (Å²) >= 11 is 1.86. The Kier molecular flexibility index (Phi) is 3.08. The maximum absolute atomic E-state index is 4.28. The van der Waals surface area contributed by atoms with Gasteiger partial charge in [-0.2, -0.15) is 11.8 Å². The topological polar surface area (TPSA) is 42.7 Å². The quantitative estimate of drug-likeness (QED) is 0.806. The second kappa shape index (κ2) is 4.31. The molecular weight excluding hydrogens is 196 g/mol. The lowest BCUT2D eigenvalue weighted by atomic mass is 10.2. The Bertz CT molecular complexity index is 310. The van der Waals surface area contributed by atoms with E-state index in [1.165, 1.54) is 0 Å². The Morgan fingerprint density at radius 3 is 3.21 bits per heavy atom. The van der Waals surface area contributed by atoms with Crippen LogP contribution in [0.5, 0.6) is 0 Å². The van der Waals surface area contributed by atoms with Crippen LogP contribution in [0, 0.1) is 0 Å². The molecule has 1 aromatic heterocycles. The first-order chi connectivity index (χ1) is 6.83. The zero-order chi connectivity index (χ0) is 9.97. The Labute approximate surface area is 88.5 Å². The van der Waals surface area contributed by atoms with E-state index in [9.17, 15) is 0 Å². The predicted molar refractivity (Wildman–Crippen MR) is 58.5 cm³/mol. The molecule has 0 spiro atoms. The van der Waals surface area contributed by atoms with Gasteiger partial charge in [0.1, 0.15) is 11.6 Å². The summed E-state index contributed by atoms with van der Waals surface area (Å²) in [4.78, 5) is 0. The van der Waals surface area contributed by atoms with E-state index in [1.807, 2.05) is 11.8 Å². The molecule has 1 aliphatic rings. The van der Waals surface area contributed by atoms with E-state index >= 15 is 0 Å². The monoisotopic (exact) mass is 212 g/mol. The number of rotatable bonds is 3. The molecule has 1 unspecified atom stereocenters. The van der Waals surface area contributed by atoms with Crippen molar-refractivity contribution >= 4 is 11.8 Å². The van der Waals surface area contributed by atoms with Crippen LogP contribution in [0.3, 0.4) is 0 Å². The van der Waals surface area contributed by atoms with Crippen molar-refractivity contribution in [3.63, 3.8) is 0 Å². The molecule has 2 rings (SSSR count). The van der Waals surface area contributed by atoms with Crippen molar-refractivity contribution in [2.45, 2.75) is 25.9 Å². The predicted octanol–water partition coefficient (Wildman–Crippen LogP) is 0.848. The molecule has 0 aliphatic carbocycles. The van der Waals surface area contributed by atoms with Crippen LogP contribution in [-0.4, -0.2) is 33.3 Å². The summed E-state index contributed by atoms with van der Waals surface area (Å²) in [5, 5.41) is 11.8. The van der Waals surface area contributed by atoms with Gasteiger partial charge < -0.3 is 9.88 Å². The van der Waals surface area contributed by atoms with Gasteiger partial charge in [-0.25, -0.2) is 0 Å². The van der Waals surface area contributed by atoms with Crippen molar-refractivity contribution in [3.05, 3.63) is 11.6 Å². The molecule has 5 heteroatoms. The lowest BCUT2D eigenvalue weighted by Gasteiger charge is -2.18. The van der Waals surface area contributed by atoms with Gasteiger partial charge in [0.05, 0.1) is 6.54 Å². The molecule has 0 amide bonds. The summed E-state index contributed by atoms with van der Waals surface area (Å²) in [6.45, 7) is 5.12. The van der Waals surface area contributed by atoms with Gasteiger partial charge >= 0.3 is 0 Å². The fourth-order valence-corrected chi connectivity index (χ4v) is 2.45. The summed E-state index contributed by atoms with van der Waals surface area (Å²) in [6, 6.07) is 0. The number of aromatic nitrogens is 3. The Morgan fingerprint density at radius 1 is 1.57 bits per heavy atom. The Morgan fingerprint density at radius 2 is 2.43 bits per heavy atom. The van der Waals surface area contributed by atoms with E-state index in [-0.39, 0.29) is 0 Å². The minimum Gasteiger partial charge on any atom is -0.312 e. The first-order valence-electron chi connectivity index (χ1n) is 4.94. The van der Waals surface area contributed by atoms with Crippen molar-refractivity contribution in [1.29, 1.82) is 0 Å². The molecule has 1 N–H and O–H groups in total. The van der Waals surface area contributed by atoms with Crippen molar-refractivity contribution in [2.75, 3.05) is 18.6 Å². The van der Waals surface area contributed by atoms with Gasteiger partial charge in [0.15, 0.2) is 0 Å². The first-order valence-corrected chi connectivity index (χ1v) is 6.34. The molecule has 4 nitrogen and oxygen atoms in total. The maximum Gasteiger partial charge on any atom is 0.147 e. The van der Waals surface area contributed by atoms with Crippen LogP contribution in [0.4, 0.5) is 0 Å². The molecular formula is C9H16N4S. The highest BCUT2D eigenvalue weighted by atomic mass is 32.2. The third kappa shape index (κ3) is 1.79. The second-order valence-electron chi connectivity index (χ2n) is 3.66. The van der Waals surface area contributed by atoms with Gasteiger partial charge in [0, 0.05) is 24.8 Å². The van der Waals surface area contributed by atoms with E-state index < -0.39 is 0 Å². The Balaban J connectivity index is 2.21. The highest BCUT2D eigenvalue weighted by molar-refractivity contribution is 7.98. The minimum atomic E-state index is 0.504. The molecule has 0 radical (unpaired) electrons. The molecule has 14 heavy (non-hydrogen) atoms. The first kappa shape index (κ1) is 9.98. The summed E-state index contributed by atoms with van der Waals surface area (Å²) in [6.07, 6.45) is 2.13. The normalized spacial score (nSPS) is 17.9. The lowest BCUT2D eigenvalue weighted by molar-refractivity contribution is 0.487. The third-order valence-corrected chi connectivity index (χ3v) is 3.34. The van der Waals surface area contributed by atoms with Gasteiger partial charge in [-0.15, -0.1) is 10.2 Å². The van der Waals surface area contributed by atoms with E-state index in [0.717, 1.165) is 37.0 Å². The SMILES string of the molecule is CSCC(C)c1nnc2n1CCNC2. The zero-order valence-electron chi connectivity index (χ0n) is 8.66. The Hall–Kier alpha value is -0.550. The minimum absolute atomic E-state index is 0.504. The average molecular weight is 212 g/mol. The van der Waals surface area contributed by atoms with Crippen molar-refractivity contribution in [3.8, 4) is 0 Å². The number of thioether (sulfide) groups is 1. The van der Waals surface area contributed by atoms with Crippen molar-refractivity contribution in [2.24, 2.45) is 0 Å². The van der Waals surface area contributed by atoms with Crippen molar-refractivity contribution < 1.29 is 0 Å². The van der Waals surface area contributed by atoms with Gasteiger partial charge in [0.25, 0.3) is 0 Å². The van der Waals surface area contributed by atoms with E-state index in [2.05, 4.69) is 33.3 Å². The molecule has 2 heterocycles. The molecule has 1 aliphatic heterocycles. The van der Waals surface area contributed by atoms with Crippen LogP contribution in [0.1, 0.15) is 24.5 Å². The van der Waals surface area contributed by atoms with Gasteiger partial charge in [0.2, 0.25) is 0 Å². The highest BCUT2D eigenvalue weighted by Crippen LogP contribution is 2.19. The summed E-state index contributed by atoms with van der Waals surface area (Å²) in [5.74, 6) is 3.85. The molecule has 0 saturated heterocycles. The largest absolute Gasteiger partial charge is 0.312 e. The summed E-state index contributed by atoms with van der Waals surface area (Å²) in [5.41, 5.74) is 0. The van der Waals surface area contributed by atoms with Gasteiger partial charge in [-0.05, 0) is 6.26 Å². The van der Waals surface area contributed by atoms with Crippen LogP contribution < -0.4 is 5.32 Å². The number of nitrogens with zero attached hydrogens (tertiary/aromatic N) is 3. The smallest absolute Gasteiger partial charge is 0.147 e. The third-order valence-electron chi connectivity index (χ3n) is 2.51. The van der Waals surface area contributed by atoms with Crippen molar-refractivity contribution in [1.82, 2.24) is 20.1 Å². The molecule has 1 aromatic rings. The van der Waals surface area contributed by atoms with E-state index in [1.54, 1.807) is 0 Å². The highest BCUT2D eigenvalue weighted by Gasteiger charge is 2.18. The molecule has 78 valence electrons. The fraction of sp³-hybridized carbons (Fsp3) is 0.778. The van der Waals surface area contributed by atoms with Crippen LogP contribution in [-0.2, 0) is 13.1 Å². The molecule has 0 bridgehead atoms.